The minimum Gasteiger partial charge on any atom is -0.177 e. The molecule has 1 unspecified atom stereocenters. The van der Waals surface area contributed by atoms with E-state index in [1.807, 2.05) is 24.3 Å². The van der Waals surface area contributed by atoms with E-state index < -0.39 is 0 Å². The van der Waals surface area contributed by atoms with Crippen LogP contribution in [0.4, 0.5) is 0 Å². The van der Waals surface area contributed by atoms with Gasteiger partial charge in [-0.3, -0.25) is 0 Å². The van der Waals surface area contributed by atoms with E-state index in [1.54, 1.807) is 0 Å². The van der Waals surface area contributed by atoms with Gasteiger partial charge in [-0.1, -0.05) is 60.7 Å². The number of nitrogens with zero attached hydrogens (tertiary/aromatic N) is 2. The molecule has 0 aromatic heterocycles. The highest BCUT2D eigenvalue weighted by molar-refractivity contribution is 6.02. The summed E-state index contributed by atoms with van der Waals surface area (Å²) in [6.07, 6.45) is 0.862. The Morgan fingerprint density at radius 1 is 0.889 bits per heavy atom. The van der Waals surface area contributed by atoms with Gasteiger partial charge in [0.2, 0.25) is 0 Å². The Morgan fingerprint density at radius 3 is 2.17 bits per heavy atom. The monoisotopic (exact) mass is 235 g/mol. The van der Waals surface area contributed by atoms with Gasteiger partial charge in [-0.2, -0.15) is 10.5 Å². The predicted octanol–water partition coefficient (Wildman–Crippen LogP) is 3.31. The molecule has 3 rings (SSSR count). The van der Waals surface area contributed by atoms with Crippen LogP contribution in [0.1, 0.15) is 24.5 Å². The number of rotatable bonds is 2. The molecule has 1 aliphatic heterocycles. The molecule has 2 heteroatoms. The van der Waals surface area contributed by atoms with Crippen LogP contribution in [0.25, 0.3) is 0 Å². The first kappa shape index (κ1) is 11.0. The normalized spacial score (nSPS) is 22.4. The average molecular weight is 235 g/mol. The number of hydrogen-bond donors (Lipinski definition) is 0. The van der Waals surface area contributed by atoms with Crippen LogP contribution in [0.3, 0.4) is 0 Å². The van der Waals surface area contributed by atoms with Gasteiger partial charge in [0.25, 0.3) is 0 Å². The largest absolute Gasteiger partial charge is 0.177 e. The smallest absolute Gasteiger partial charge is 0.110 e. The molecule has 1 aliphatic rings. The Morgan fingerprint density at radius 2 is 1.50 bits per heavy atom. The third-order valence-electron chi connectivity index (χ3n) is 3.41. The lowest BCUT2D eigenvalue weighted by atomic mass is 9.87. The van der Waals surface area contributed by atoms with Gasteiger partial charge in [-0.25, -0.2) is 0 Å². The molecule has 89 valence electrons. The fraction of sp³-hybridized carbons (Fsp3) is 0.188. The highest BCUT2D eigenvalue weighted by atomic mass is 15.4. The summed E-state index contributed by atoms with van der Waals surface area (Å²) >= 11 is 0. The van der Waals surface area contributed by atoms with Crippen molar-refractivity contribution in [1.82, 2.24) is 5.43 Å². The second-order valence-corrected chi connectivity index (χ2v) is 4.83. The number of benzene rings is 2. The summed E-state index contributed by atoms with van der Waals surface area (Å²) in [6, 6.07) is 20.6. The van der Waals surface area contributed by atoms with Crippen molar-refractivity contribution in [3.63, 3.8) is 0 Å². The van der Waals surface area contributed by atoms with Crippen molar-refractivity contribution in [3.8, 4) is 0 Å². The lowest BCUT2D eigenvalue weighted by molar-refractivity contribution is 0.412. The number of hydrogen-bond acceptors (Lipinski definition) is 1. The van der Waals surface area contributed by atoms with Crippen molar-refractivity contribution in [2.24, 2.45) is 5.10 Å². The van der Waals surface area contributed by atoms with Crippen LogP contribution in [0, 0.1) is 0 Å². The molecule has 2 nitrogen and oxygen atoms in total. The zero-order valence-corrected chi connectivity index (χ0v) is 10.4. The fourth-order valence-corrected chi connectivity index (χ4v) is 2.31. The molecule has 0 spiro atoms. The summed E-state index contributed by atoms with van der Waals surface area (Å²) in [6.45, 7) is 2.14. The van der Waals surface area contributed by atoms with Gasteiger partial charge in [-0.15, -0.1) is 0 Å². The van der Waals surface area contributed by atoms with E-state index in [4.69, 9.17) is 0 Å². The van der Waals surface area contributed by atoms with Crippen molar-refractivity contribution in [2.45, 2.75) is 18.9 Å². The molecule has 0 saturated carbocycles. The Hall–Kier alpha value is -2.09. The molecule has 2 aromatic rings. The van der Waals surface area contributed by atoms with Crippen molar-refractivity contribution in [1.29, 1.82) is 0 Å². The second-order valence-electron chi connectivity index (χ2n) is 4.83. The van der Waals surface area contributed by atoms with Crippen LogP contribution in [0.5, 0.6) is 0 Å². The van der Waals surface area contributed by atoms with Gasteiger partial charge in [0.05, 0.1) is 5.71 Å². The average Bonchev–Trinajstić information content (AvgIpc) is 2.85. The van der Waals surface area contributed by atoms with Crippen molar-refractivity contribution in [2.75, 3.05) is 0 Å². The van der Waals surface area contributed by atoms with Crippen LogP contribution >= 0.6 is 0 Å². The topological polar surface area (TPSA) is 26.5 Å². The van der Waals surface area contributed by atoms with Crippen LogP contribution < -0.4 is 5.43 Å². The Kier molecular flexibility index (Phi) is 2.63. The summed E-state index contributed by atoms with van der Waals surface area (Å²) < 4.78 is 0. The van der Waals surface area contributed by atoms with E-state index in [9.17, 15) is 0 Å². The predicted molar refractivity (Wildman–Crippen MR) is 73.5 cm³/mol. The van der Waals surface area contributed by atoms with E-state index in [0.717, 1.165) is 12.1 Å². The lowest BCUT2D eigenvalue weighted by Gasteiger charge is -2.21. The minimum absolute atomic E-state index is 0.216. The molecule has 0 aliphatic carbocycles. The van der Waals surface area contributed by atoms with E-state index in [2.05, 4.69) is 53.8 Å². The standard InChI is InChI=1S/C16H15N2/c1-16(14-10-6-3-7-11-14)12-15(17-18-16)13-8-4-2-5-9-13/h2-11H,12H2,1H3. The van der Waals surface area contributed by atoms with E-state index in [1.165, 1.54) is 11.1 Å². The maximum Gasteiger partial charge on any atom is 0.110 e. The molecule has 18 heavy (non-hydrogen) atoms. The van der Waals surface area contributed by atoms with Gasteiger partial charge in [-0.05, 0) is 18.1 Å². The Bertz CT molecular complexity index is 560. The maximum atomic E-state index is 4.48. The Balaban J connectivity index is 1.86. The molecule has 0 N–H and O–H groups in total. The zero-order chi connectivity index (χ0) is 12.4. The van der Waals surface area contributed by atoms with Gasteiger partial charge in [0, 0.05) is 6.42 Å². The summed E-state index contributed by atoms with van der Waals surface area (Å²) in [7, 11) is 0. The molecular formula is C16H15N2. The molecule has 2 aromatic carbocycles. The summed E-state index contributed by atoms with van der Waals surface area (Å²) in [5, 5.41) is 4.38. The van der Waals surface area contributed by atoms with Crippen LogP contribution in [-0.4, -0.2) is 5.71 Å². The first-order valence-electron chi connectivity index (χ1n) is 6.18. The van der Waals surface area contributed by atoms with E-state index >= 15 is 0 Å². The summed E-state index contributed by atoms with van der Waals surface area (Å²) in [4.78, 5) is 0. The van der Waals surface area contributed by atoms with Gasteiger partial charge in [0.15, 0.2) is 0 Å². The van der Waals surface area contributed by atoms with Crippen molar-refractivity contribution >= 4 is 5.71 Å². The first-order chi connectivity index (χ1) is 8.78. The molecule has 1 heterocycles. The highest BCUT2D eigenvalue weighted by Crippen LogP contribution is 2.32. The third kappa shape index (κ3) is 1.90. The quantitative estimate of drug-likeness (QED) is 0.763. The molecular weight excluding hydrogens is 220 g/mol. The molecule has 0 bridgehead atoms. The zero-order valence-electron chi connectivity index (χ0n) is 10.4. The Labute approximate surface area is 107 Å². The van der Waals surface area contributed by atoms with Gasteiger partial charge < -0.3 is 0 Å². The molecule has 1 radical (unpaired) electrons. The summed E-state index contributed by atoms with van der Waals surface area (Å²) in [5.74, 6) is 0. The molecule has 1 atom stereocenters. The maximum absolute atomic E-state index is 4.48. The fourth-order valence-electron chi connectivity index (χ4n) is 2.31. The second kappa shape index (κ2) is 4.30. The molecule has 0 fully saturated rings. The minimum atomic E-state index is -0.216. The van der Waals surface area contributed by atoms with Crippen LogP contribution in [0.2, 0.25) is 0 Å². The van der Waals surface area contributed by atoms with Gasteiger partial charge >= 0.3 is 0 Å². The van der Waals surface area contributed by atoms with Crippen LogP contribution in [0.15, 0.2) is 65.8 Å². The molecule has 0 saturated heterocycles. The highest BCUT2D eigenvalue weighted by Gasteiger charge is 2.35. The SMILES string of the molecule is CC1(c2ccccc2)CC(c2ccccc2)=N[N]1. The van der Waals surface area contributed by atoms with Crippen LogP contribution in [-0.2, 0) is 5.54 Å². The lowest BCUT2D eigenvalue weighted by Crippen LogP contribution is -2.27. The third-order valence-corrected chi connectivity index (χ3v) is 3.41. The first-order valence-corrected chi connectivity index (χ1v) is 6.18. The van der Waals surface area contributed by atoms with Crippen molar-refractivity contribution < 1.29 is 0 Å². The van der Waals surface area contributed by atoms with Crippen molar-refractivity contribution in [3.05, 3.63) is 71.8 Å². The molecule has 0 amide bonds. The summed E-state index contributed by atoms with van der Waals surface area (Å²) in [5.41, 5.74) is 7.73. The van der Waals surface area contributed by atoms with Gasteiger partial charge in [0.1, 0.15) is 5.54 Å². The van der Waals surface area contributed by atoms with E-state index in [-0.39, 0.29) is 5.54 Å². The van der Waals surface area contributed by atoms with E-state index in [0.29, 0.717) is 0 Å².